The summed E-state index contributed by atoms with van der Waals surface area (Å²) in [5.41, 5.74) is 1.43. The molecule has 3 rings (SSSR count). The number of hydrogen-bond donors (Lipinski definition) is 2. The summed E-state index contributed by atoms with van der Waals surface area (Å²) in [5.74, 6) is -2.63. The molecular weight excluding hydrogens is 428 g/mol. The van der Waals surface area contributed by atoms with E-state index in [1.165, 1.54) is 0 Å². The van der Waals surface area contributed by atoms with E-state index >= 15 is 0 Å². The van der Waals surface area contributed by atoms with Crippen LogP contribution in [0.3, 0.4) is 0 Å². The Morgan fingerprint density at radius 2 is 2.00 bits per heavy atom. The van der Waals surface area contributed by atoms with Crippen LogP contribution in [0, 0.1) is 11.8 Å². The van der Waals surface area contributed by atoms with Crippen molar-refractivity contribution in [1.29, 1.82) is 0 Å². The van der Waals surface area contributed by atoms with Crippen molar-refractivity contribution in [2.45, 2.75) is 52.2 Å². The first-order chi connectivity index (χ1) is 15.8. The number of carbonyl (C=O) groups is 4. The highest BCUT2D eigenvalue weighted by Crippen LogP contribution is 2.20. The fraction of sp³-hybridized carbons (Fsp3) is 0.478. The van der Waals surface area contributed by atoms with Gasteiger partial charge in [-0.2, -0.15) is 0 Å². The molecule has 1 aromatic carbocycles. The number of carbonyl (C=O) groups excluding carboxylic acids is 4. The van der Waals surface area contributed by atoms with Gasteiger partial charge in [0.15, 0.2) is 11.5 Å². The first-order valence-corrected chi connectivity index (χ1v) is 11.0. The molecule has 2 heterocycles. The van der Waals surface area contributed by atoms with E-state index in [1.807, 2.05) is 30.3 Å². The number of fused-ring (bicyclic) bond motifs is 1. The fourth-order valence-electron chi connectivity index (χ4n) is 3.66. The van der Waals surface area contributed by atoms with E-state index in [9.17, 15) is 19.2 Å². The second kappa shape index (κ2) is 11.3. The number of alkyl carbamates (subject to hydrolysis) is 1. The number of nitrogens with zero attached hydrogens (tertiary/aromatic N) is 2. The molecule has 0 saturated carbocycles. The summed E-state index contributed by atoms with van der Waals surface area (Å²) < 4.78 is 10.4. The third-order valence-electron chi connectivity index (χ3n) is 5.48. The van der Waals surface area contributed by atoms with Crippen LogP contribution in [0.1, 0.15) is 43.7 Å². The lowest BCUT2D eigenvalue weighted by Gasteiger charge is -2.23. The highest BCUT2D eigenvalue weighted by atomic mass is 16.5. The smallest absolute Gasteiger partial charge is 0.408 e. The summed E-state index contributed by atoms with van der Waals surface area (Å²) in [4.78, 5) is 50.4. The molecule has 176 valence electrons. The molecule has 10 nitrogen and oxygen atoms in total. The number of rotatable bonds is 7. The maximum Gasteiger partial charge on any atom is 0.408 e. The first kappa shape index (κ1) is 24.1. The summed E-state index contributed by atoms with van der Waals surface area (Å²) in [6, 6.07) is 8.28. The Kier molecular flexibility index (Phi) is 8.28. The van der Waals surface area contributed by atoms with Crippen LogP contribution in [-0.4, -0.2) is 46.5 Å². The lowest BCUT2D eigenvalue weighted by molar-refractivity contribution is -0.141. The minimum absolute atomic E-state index is 0.0313. The maximum atomic E-state index is 13.1. The highest BCUT2D eigenvalue weighted by molar-refractivity contribution is 6.37. The van der Waals surface area contributed by atoms with Crippen molar-refractivity contribution >= 4 is 23.6 Å². The normalized spacial score (nSPS) is 17.6. The zero-order valence-corrected chi connectivity index (χ0v) is 18.7. The van der Waals surface area contributed by atoms with E-state index in [2.05, 4.69) is 21.0 Å². The topological polar surface area (TPSA) is 140 Å². The van der Waals surface area contributed by atoms with Crippen LogP contribution in [0.2, 0.25) is 0 Å². The van der Waals surface area contributed by atoms with Gasteiger partial charge in [-0.15, -0.1) is 5.10 Å². The number of aromatic nitrogens is 2. The third-order valence-corrected chi connectivity index (χ3v) is 5.48. The number of ketones is 2. The van der Waals surface area contributed by atoms with E-state index in [4.69, 9.17) is 9.26 Å². The van der Waals surface area contributed by atoms with Crippen molar-refractivity contribution in [3.05, 3.63) is 47.3 Å². The minimum Gasteiger partial charge on any atom is -0.445 e. The van der Waals surface area contributed by atoms with Gasteiger partial charge < -0.3 is 19.9 Å². The Bertz CT molecular complexity index is 988. The largest absolute Gasteiger partial charge is 0.445 e. The quantitative estimate of drug-likeness (QED) is 0.601. The van der Waals surface area contributed by atoms with Crippen molar-refractivity contribution in [2.24, 2.45) is 11.8 Å². The number of nitrogens with one attached hydrogen (secondary N) is 2. The minimum atomic E-state index is -0.951. The van der Waals surface area contributed by atoms with Crippen LogP contribution in [0.5, 0.6) is 0 Å². The Morgan fingerprint density at radius 1 is 1.24 bits per heavy atom. The van der Waals surface area contributed by atoms with Crippen molar-refractivity contribution in [3.63, 3.8) is 0 Å². The number of aryl methyl sites for hydroxylation is 1. The number of benzene rings is 1. The van der Waals surface area contributed by atoms with Crippen molar-refractivity contribution in [3.8, 4) is 0 Å². The molecule has 0 spiro atoms. The second-order valence-corrected chi connectivity index (χ2v) is 8.37. The summed E-state index contributed by atoms with van der Waals surface area (Å²) in [7, 11) is 0. The van der Waals surface area contributed by atoms with Gasteiger partial charge in [-0.25, -0.2) is 4.79 Å². The predicted molar refractivity (Wildman–Crippen MR) is 116 cm³/mol. The van der Waals surface area contributed by atoms with E-state index in [-0.39, 0.29) is 31.1 Å². The van der Waals surface area contributed by atoms with Gasteiger partial charge in [0.05, 0.1) is 6.04 Å². The van der Waals surface area contributed by atoms with E-state index in [0.717, 1.165) is 5.56 Å². The van der Waals surface area contributed by atoms with Gasteiger partial charge in [0.1, 0.15) is 12.3 Å². The van der Waals surface area contributed by atoms with Gasteiger partial charge >= 0.3 is 6.09 Å². The van der Waals surface area contributed by atoms with Crippen LogP contribution in [0.25, 0.3) is 0 Å². The number of amides is 2. The van der Waals surface area contributed by atoms with E-state index in [0.29, 0.717) is 30.8 Å². The molecule has 0 fully saturated rings. The summed E-state index contributed by atoms with van der Waals surface area (Å²) in [6.45, 7) is 3.93. The molecule has 0 bridgehead atoms. The monoisotopic (exact) mass is 456 g/mol. The van der Waals surface area contributed by atoms with Gasteiger partial charge in [0.25, 0.3) is 5.91 Å². The van der Waals surface area contributed by atoms with Crippen molar-refractivity contribution in [1.82, 2.24) is 21.0 Å². The molecule has 10 heteroatoms. The fourth-order valence-corrected chi connectivity index (χ4v) is 3.66. The Labute approximate surface area is 191 Å². The zero-order chi connectivity index (χ0) is 23.8. The van der Waals surface area contributed by atoms with Gasteiger partial charge in [0, 0.05) is 30.6 Å². The number of ether oxygens (including phenoxy) is 1. The summed E-state index contributed by atoms with van der Waals surface area (Å²) >= 11 is 0. The van der Waals surface area contributed by atoms with Crippen LogP contribution >= 0.6 is 0 Å². The van der Waals surface area contributed by atoms with Gasteiger partial charge in [-0.05, 0) is 24.3 Å². The van der Waals surface area contributed by atoms with Crippen LogP contribution in [0.15, 0.2) is 34.9 Å². The average molecular weight is 456 g/mol. The predicted octanol–water partition coefficient (Wildman–Crippen LogP) is 1.77. The molecule has 33 heavy (non-hydrogen) atoms. The van der Waals surface area contributed by atoms with Crippen molar-refractivity contribution in [2.75, 3.05) is 6.54 Å². The molecule has 1 aliphatic heterocycles. The molecule has 2 unspecified atom stereocenters. The zero-order valence-electron chi connectivity index (χ0n) is 18.7. The maximum absolute atomic E-state index is 13.1. The molecule has 1 aliphatic rings. The third kappa shape index (κ3) is 6.71. The molecule has 2 N–H and O–H groups in total. The Hall–Kier alpha value is -3.56. The molecule has 2 amide bonds. The van der Waals surface area contributed by atoms with Crippen molar-refractivity contribution < 1.29 is 28.4 Å². The SMILES string of the molecule is CC(C)C(NC(=O)OCc1ccccc1)C(=O)CC1Cc2onnc2CCCNC(=O)C1=O. The van der Waals surface area contributed by atoms with E-state index in [1.54, 1.807) is 13.8 Å². The molecule has 0 saturated heterocycles. The first-order valence-electron chi connectivity index (χ1n) is 11.0. The Balaban J connectivity index is 1.67. The van der Waals surface area contributed by atoms with Crippen LogP contribution in [-0.2, 0) is 38.6 Å². The number of Topliss-reactive ketones (excluding diaryl/α,β-unsaturated/α-hetero) is 2. The molecule has 1 aromatic heterocycles. The number of hydrogen-bond acceptors (Lipinski definition) is 8. The summed E-state index contributed by atoms with van der Waals surface area (Å²) in [6.07, 6.45) is 0.186. The summed E-state index contributed by atoms with van der Waals surface area (Å²) in [5, 5.41) is 12.7. The molecular formula is C23H28N4O6. The molecule has 2 atom stereocenters. The lowest BCUT2D eigenvalue weighted by Crippen LogP contribution is -2.46. The van der Waals surface area contributed by atoms with E-state index < -0.39 is 29.7 Å². The highest BCUT2D eigenvalue weighted by Gasteiger charge is 2.34. The lowest BCUT2D eigenvalue weighted by atomic mass is 9.87. The second-order valence-electron chi connectivity index (χ2n) is 8.37. The van der Waals surface area contributed by atoms with Gasteiger partial charge in [-0.1, -0.05) is 44.2 Å². The van der Waals surface area contributed by atoms with Gasteiger partial charge in [-0.3, -0.25) is 14.4 Å². The molecule has 0 aliphatic carbocycles. The van der Waals surface area contributed by atoms with Gasteiger partial charge in [0.2, 0.25) is 5.78 Å². The Morgan fingerprint density at radius 3 is 2.73 bits per heavy atom. The molecule has 0 radical (unpaired) electrons. The standard InChI is InChI=1S/C23H28N4O6/c1-14(2)20(25-23(31)32-13-15-7-4-3-5-8-15)18(28)11-16-12-19-17(26-27-33-19)9-6-10-24-22(30)21(16)29/h3-5,7-8,14,16,20H,6,9-13H2,1-2H3,(H,24,30)(H,25,31). The average Bonchev–Trinajstić information content (AvgIpc) is 3.24. The molecule has 2 aromatic rings. The van der Waals surface area contributed by atoms with Crippen LogP contribution in [0.4, 0.5) is 4.79 Å². The van der Waals surface area contributed by atoms with Crippen LogP contribution < -0.4 is 10.6 Å².